The van der Waals surface area contributed by atoms with Gasteiger partial charge in [0.05, 0.1) is 22.9 Å². The Labute approximate surface area is 210 Å². The van der Waals surface area contributed by atoms with E-state index in [-0.39, 0.29) is 17.8 Å². The van der Waals surface area contributed by atoms with Crippen molar-refractivity contribution < 1.29 is 27.5 Å². The molecule has 1 fully saturated rings. The molecule has 1 N–H and O–H groups in total. The van der Waals surface area contributed by atoms with Crippen LogP contribution in [0.1, 0.15) is 25.5 Å². The normalized spacial score (nSPS) is 23.1. The quantitative estimate of drug-likeness (QED) is 0.509. The van der Waals surface area contributed by atoms with Gasteiger partial charge in [-0.3, -0.25) is 14.5 Å². The number of hydrogen-bond acceptors (Lipinski definition) is 6. The Balaban J connectivity index is 1.73. The molecule has 1 aromatic heterocycles. The van der Waals surface area contributed by atoms with E-state index < -0.39 is 30.0 Å². The van der Waals surface area contributed by atoms with Gasteiger partial charge < -0.3 is 10.1 Å². The number of thioether (sulfide) groups is 1. The average molecular weight is 519 g/mol. The average Bonchev–Trinajstić information content (AvgIpc) is 3.39. The van der Waals surface area contributed by atoms with E-state index in [0.717, 1.165) is 23.4 Å². The van der Waals surface area contributed by atoms with Gasteiger partial charge in [0.2, 0.25) is 0 Å². The summed E-state index contributed by atoms with van der Waals surface area (Å²) in [5, 5.41) is 7.49. The molecule has 1 aliphatic carbocycles. The van der Waals surface area contributed by atoms with Crippen molar-refractivity contribution in [1.29, 1.82) is 0 Å². The topological polar surface area (TPSA) is 85.6 Å². The zero-order valence-corrected chi connectivity index (χ0v) is 20.6. The van der Waals surface area contributed by atoms with Crippen LogP contribution in [0.25, 0.3) is 17.0 Å². The molecular formula is C25H25F3N4O3S. The number of carbonyl (C=O) groups excluding carboxylic acids is 2. The number of benzene rings is 1. The molecule has 1 aliphatic heterocycles. The zero-order valence-electron chi connectivity index (χ0n) is 19.8. The summed E-state index contributed by atoms with van der Waals surface area (Å²) in [7, 11) is 1.57. The van der Waals surface area contributed by atoms with E-state index in [0.29, 0.717) is 21.6 Å². The predicted octanol–water partition coefficient (Wildman–Crippen LogP) is 5.52. The number of alkyl halides is 3. The van der Waals surface area contributed by atoms with E-state index in [1.807, 2.05) is 13.8 Å². The van der Waals surface area contributed by atoms with Gasteiger partial charge in [-0.05, 0) is 41.5 Å². The minimum absolute atomic E-state index is 0.0217. The molecule has 190 valence electrons. The number of amidine groups is 1. The fraction of sp³-hybridized carbons (Fsp3) is 0.360. The van der Waals surface area contributed by atoms with Gasteiger partial charge in [-0.2, -0.15) is 18.3 Å². The number of ether oxygens (including phenoxy) is 1. The van der Waals surface area contributed by atoms with Crippen molar-refractivity contribution in [3.63, 3.8) is 0 Å². The molecule has 0 bridgehead atoms. The number of halogens is 3. The number of nitrogens with zero attached hydrogens (tertiary/aromatic N) is 3. The lowest BCUT2D eigenvalue weighted by atomic mass is 9.82. The maximum atomic E-state index is 13.9. The minimum atomic E-state index is -4.54. The largest absolute Gasteiger partial charge is 0.464 e. The highest BCUT2D eigenvalue weighted by molar-refractivity contribution is 8.18. The van der Waals surface area contributed by atoms with Gasteiger partial charge in [-0.15, -0.1) is 0 Å². The van der Waals surface area contributed by atoms with Crippen molar-refractivity contribution in [2.45, 2.75) is 26.1 Å². The molecule has 7 nitrogen and oxygen atoms in total. The van der Waals surface area contributed by atoms with Crippen LogP contribution in [0.3, 0.4) is 0 Å². The van der Waals surface area contributed by atoms with E-state index in [2.05, 4.69) is 15.4 Å². The molecule has 2 heterocycles. The zero-order chi connectivity index (χ0) is 26.0. The first-order valence-electron chi connectivity index (χ1n) is 11.3. The third-order valence-electron chi connectivity index (χ3n) is 5.73. The number of aliphatic imine (C=N–C) groups is 1. The van der Waals surface area contributed by atoms with Crippen LogP contribution in [0, 0.1) is 17.8 Å². The first-order valence-corrected chi connectivity index (χ1v) is 12.1. The maximum Gasteiger partial charge on any atom is 0.395 e. The maximum absolute atomic E-state index is 13.9. The molecule has 36 heavy (non-hydrogen) atoms. The van der Waals surface area contributed by atoms with E-state index in [1.54, 1.807) is 37.5 Å². The Bertz CT molecular complexity index is 1290. The van der Waals surface area contributed by atoms with Crippen molar-refractivity contribution in [3.05, 3.63) is 59.2 Å². The van der Waals surface area contributed by atoms with Crippen LogP contribution in [0.5, 0.6) is 0 Å². The van der Waals surface area contributed by atoms with Crippen LogP contribution in [-0.2, 0) is 9.53 Å². The fourth-order valence-electron chi connectivity index (χ4n) is 4.07. The number of fused-ring (bicyclic) bond motifs is 1. The van der Waals surface area contributed by atoms with Gasteiger partial charge in [0.1, 0.15) is 5.84 Å². The molecule has 3 unspecified atom stereocenters. The van der Waals surface area contributed by atoms with Gasteiger partial charge in [0.15, 0.2) is 6.04 Å². The van der Waals surface area contributed by atoms with E-state index in [9.17, 15) is 22.8 Å². The summed E-state index contributed by atoms with van der Waals surface area (Å²) in [4.78, 5) is 29.5. The van der Waals surface area contributed by atoms with Crippen molar-refractivity contribution in [2.75, 3.05) is 13.7 Å². The Kier molecular flexibility index (Phi) is 7.39. The smallest absolute Gasteiger partial charge is 0.395 e. The summed E-state index contributed by atoms with van der Waals surface area (Å²) >= 11 is 1.02. The lowest BCUT2D eigenvalue weighted by Gasteiger charge is -2.31. The highest BCUT2D eigenvalue weighted by atomic mass is 32.2. The lowest BCUT2D eigenvalue weighted by molar-refractivity contribution is -0.178. The second-order valence-corrected chi connectivity index (χ2v) is 9.92. The predicted molar refractivity (Wildman–Crippen MR) is 133 cm³/mol. The molecule has 2 aliphatic rings. The molecule has 1 aromatic carbocycles. The molecule has 3 atom stereocenters. The summed E-state index contributed by atoms with van der Waals surface area (Å²) < 4.78 is 48.3. The number of rotatable bonds is 6. The Morgan fingerprint density at radius 1 is 1.31 bits per heavy atom. The second-order valence-electron chi connectivity index (χ2n) is 8.91. The number of nitrogens with one attached hydrogen (secondary N) is 1. The molecule has 4 rings (SSSR count). The van der Waals surface area contributed by atoms with Gasteiger partial charge in [-0.25, -0.2) is 4.79 Å². The summed E-state index contributed by atoms with van der Waals surface area (Å²) in [6, 6.07) is 3.97. The van der Waals surface area contributed by atoms with Crippen molar-refractivity contribution in [1.82, 2.24) is 15.1 Å². The van der Waals surface area contributed by atoms with Gasteiger partial charge in [0, 0.05) is 24.5 Å². The molecule has 0 saturated carbocycles. The third-order valence-corrected chi connectivity index (χ3v) is 6.55. The number of esters is 1. The van der Waals surface area contributed by atoms with Crippen LogP contribution in [-0.4, -0.2) is 46.7 Å². The van der Waals surface area contributed by atoms with E-state index in [4.69, 9.17) is 4.74 Å². The van der Waals surface area contributed by atoms with Crippen molar-refractivity contribution >= 4 is 45.8 Å². The second kappa shape index (κ2) is 10.3. The highest BCUT2D eigenvalue weighted by Gasteiger charge is 2.48. The van der Waals surface area contributed by atoms with Crippen molar-refractivity contribution in [3.8, 4) is 0 Å². The number of aromatic nitrogens is 2. The molecule has 0 spiro atoms. The number of amides is 1. The number of carbonyl (C=O) groups is 2. The molecule has 2 aromatic rings. The molecule has 1 amide bonds. The SMILES string of the molecule is CN=C1NC(=O)S/C1=C\c1ccc2nn(C(C(=O)OCC(C)C)C3C=CC=CC3C(F)(F)F)cc2c1. The van der Waals surface area contributed by atoms with Crippen LogP contribution >= 0.6 is 11.8 Å². The Morgan fingerprint density at radius 3 is 2.75 bits per heavy atom. The van der Waals surface area contributed by atoms with Gasteiger partial charge in [-0.1, -0.05) is 44.2 Å². The number of hydrogen-bond donors (Lipinski definition) is 1. The van der Waals surface area contributed by atoms with Crippen LogP contribution in [0.15, 0.2) is 58.6 Å². The Morgan fingerprint density at radius 2 is 2.06 bits per heavy atom. The monoisotopic (exact) mass is 518 g/mol. The fourth-order valence-corrected chi connectivity index (χ4v) is 4.85. The van der Waals surface area contributed by atoms with Crippen LogP contribution in [0.4, 0.5) is 18.0 Å². The molecule has 1 saturated heterocycles. The summed E-state index contributed by atoms with van der Waals surface area (Å²) in [5.41, 5.74) is 1.25. The standard InChI is InChI=1S/C25H25F3N4O3S/c1-14(2)13-35-23(33)21(17-6-4-5-7-18(17)25(26,27)28)32-12-16-10-15(8-9-19(16)31-32)11-20-22(29-3)30-24(34)36-20/h4-12,14,17-18,21H,13H2,1-3H3,(H,29,30,34)/b20-11-. The van der Waals surface area contributed by atoms with Gasteiger partial charge >= 0.3 is 12.1 Å². The summed E-state index contributed by atoms with van der Waals surface area (Å²) in [6.45, 7) is 3.79. The van der Waals surface area contributed by atoms with Crippen LogP contribution < -0.4 is 5.32 Å². The van der Waals surface area contributed by atoms with Crippen molar-refractivity contribution in [2.24, 2.45) is 22.7 Å². The molecule has 11 heteroatoms. The lowest BCUT2D eigenvalue weighted by Crippen LogP contribution is -2.39. The Hall–Kier alpha value is -3.34. The minimum Gasteiger partial charge on any atom is -0.464 e. The highest BCUT2D eigenvalue weighted by Crippen LogP contribution is 2.41. The van der Waals surface area contributed by atoms with E-state index in [1.165, 1.54) is 22.9 Å². The van der Waals surface area contributed by atoms with Gasteiger partial charge in [0.25, 0.3) is 5.24 Å². The first-order chi connectivity index (χ1) is 17.1. The van der Waals surface area contributed by atoms with E-state index >= 15 is 0 Å². The van der Waals surface area contributed by atoms with Crippen LogP contribution in [0.2, 0.25) is 0 Å². The third kappa shape index (κ3) is 5.56. The molecular weight excluding hydrogens is 493 g/mol. The summed E-state index contributed by atoms with van der Waals surface area (Å²) in [6.07, 6.45) is 4.07. The molecule has 0 radical (unpaired) electrons. The summed E-state index contributed by atoms with van der Waals surface area (Å²) in [5.74, 6) is -3.37. The number of allylic oxidation sites excluding steroid dienone is 4. The first kappa shape index (κ1) is 25.7.